The van der Waals surface area contributed by atoms with Gasteiger partial charge < -0.3 is 19.5 Å². The Kier molecular flexibility index (Phi) is 6.89. The van der Waals surface area contributed by atoms with Crippen LogP contribution in [0.5, 0.6) is 17.2 Å². The molecule has 2 N–H and O–H groups in total. The third kappa shape index (κ3) is 5.12. The van der Waals surface area contributed by atoms with Crippen LogP contribution in [-0.2, 0) is 10.0 Å². The number of methoxy groups -OCH3 is 3. The lowest BCUT2D eigenvalue weighted by atomic mass is 10.1. The molecule has 3 rings (SSSR count). The molecule has 1 amide bonds. The third-order valence-electron chi connectivity index (χ3n) is 4.76. The number of ether oxygens (including phenoxy) is 3. The number of carbonyl (C=O) groups excluding carboxylic acids is 1. The SMILES string of the molecule is COc1ccc(NS(=O)(=O)c2ccc(C)c(C(=O)Nc3cc(OC)ccc3OC)c2)cc1. The Hall–Kier alpha value is -3.72. The highest BCUT2D eigenvalue weighted by atomic mass is 32.2. The minimum Gasteiger partial charge on any atom is -0.497 e. The number of amides is 1. The van der Waals surface area contributed by atoms with Gasteiger partial charge in [-0.1, -0.05) is 6.07 Å². The van der Waals surface area contributed by atoms with Crippen LogP contribution in [0, 0.1) is 6.92 Å². The lowest BCUT2D eigenvalue weighted by Gasteiger charge is -2.14. The third-order valence-corrected chi connectivity index (χ3v) is 6.14. The van der Waals surface area contributed by atoms with Crippen molar-refractivity contribution in [3.63, 3.8) is 0 Å². The maximum absolute atomic E-state index is 13.0. The van der Waals surface area contributed by atoms with E-state index in [1.54, 1.807) is 55.5 Å². The van der Waals surface area contributed by atoms with Gasteiger partial charge >= 0.3 is 0 Å². The van der Waals surface area contributed by atoms with Crippen molar-refractivity contribution in [3.05, 3.63) is 71.8 Å². The number of carbonyl (C=O) groups is 1. The van der Waals surface area contributed by atoms with Crippen molar-refractivity contribution in [2.75, 3.05) is 31.4 Å². The van der Waals surface area contributed by atoms with Gasteiger partial charge in [0.1, 0.15) is 17.2 Å². The Morgan fingerprint density at radius 2 is 1.47 bits per heavy atom. The first-order chi connectivity index (χ1) is 15.3. The zero-order valence-corrected chi connectivity index (χ0v) is 18.9. The molecule has 0 saturated heterocycles. The predicted octanol–water partition coefficient (Wildman–Crippen LogP) is 4.07. The molecule has 9 heteroatoms. The summed E-state index contributed by atoms with van der Waals surface area (Å²) >= 11 is 0. The summed E-state index contributed by atoms with van der Waals surface area (Å²) in [7, 11) is 0.612. The van der Waals surface area contributed by atoms with Crippen molar-refractivity contribution in [1.82, 2.24) is 0 Å². The largest absolute Gasteiger partial charge is 0.497 e. The highest BCUT2D eigenvalue weighted by molar-refractivity contribution is 7.92. The van der Waals surface area contributed by atoms with E-state index in [1.807, 2.05) is 0 Å². The number of hydrogen-bond acceptors (Lipinski definition) is 6. The number of anilines is 2. The van der Waals surface area contributed by atoms with E-state index in [1.165, 1.54) is 33.5 Å². The zero-order chi connectivity index (χ0) is 23.3. The van der Waals surface area contributed by atoms with E-state index in [9.17, 15) is 13.2 Å². The van der Waals surface area contributed by atoms with Gasteiger partial charge in [0.25, 0.3) is 15.9 Å². The molecule has 0 radical (unpaired) electrons. The van der Waals surface area contributed by atoms with E-state index in [0.717, 1.165) is 0 Å². The van der Waals surface area contributed by atoms with Crippen LogP contribution in [0.2, 0.25) is 0 Å². The summed E-state index contributed by atoms with van der Waals surface area (Å²) in [4.78, 5) is 12.9. The van der Waals surface area contributed by atoms with Crippen molar-refractivity contribution < 1.29 is 27.4 Å². The quantitative estimate of drug-likeness (QED) is 0.530. The molecule has 8 nitrogen and oxygen atoms in total. The van der Waals surface area contributed by atoms with E-state index >= 15 is 0 Å². The first-order valence-corrected chi connectivity index (χ1v) is 11.1. The highest BCUT2D eigenvalue weighted by Crippen LogP contribution is 2.30. The van der Waals surface area contributed by atoms with E-state index < -0.39 is 15.9 Å². The summed E-state index contributed by atoms with van der Waals surface area (Å²) in [5, 5.41) is 2.76. The molecule has 0 aliphatic carbocycles. The normalized spacial score (nSPS) is 10.9. The summed E-state index contributed by atoms with van der Waals surface area (Å²) in [6, 6.07) is 15.8. The Balaban J connectivity index is 1.88. The van der Waals surface area contributed by atoms with Crippen LogP contribution in [0.1, 0.15) is 15.9 Å². The van der Waals surface area contributed by atoms with E-state index in [2.05, 4.69) is 10.0 Å². The highest BCUT2D eigenvalue weighted by Gasteiger charge is 2.19. The number of rotatable bonds is 8. The van der Waals surface area contributed by atoms with Crippen molar-refractivity contribution in [2.24, 2.45) is 0 Å². The molecule has 3 aromatic carbocycles. The molecule has 3 aromatic rings. The number of nitrogens with one attached hydrogen (secondary N) is 2. The molecule has 0 heterocycles. The van der Waals surface area contributed by atoms with Crippen molar-refractivity contribution >= 4 is 27.3 Å². The molecular weight excluding hydrogens is 432 g/mol. The molecule has 0 spiro atoms. The second-order valence-corrected chi connectivity index (χ2v) is 8.51. The first kappa shape index (κ1) is 23.0. The summed E-state index contributed by atoms with van der Waals surface area (Å²) < 4.78 is 43.8. The van der Waals surface area contributed by atoms with Gasteiger partial charge in [-0.15, -0.1) is 0 Å². The van der Waals surface area contributed by atoms with E-state index in [-0.39, 0.29) is 10.5 Å². The second-order valence-electron chi connectivity index (χ2n) is 6.83. The summed E-state index contributed by atoms with van der Waals surface area (Å²) in [5.74, 6) is 1.12. The lowest BCUT2D eigenvalue weighted by Crippen LogP contribution is -2.17. The fourth-order valence-electron chi connectivity index (χ4n) is 2.99. The zero-order valence-electron chi connectivity index (χ0n) is 18.1. The van der Waals surface area contributed by atoms with E-state index in [4.69, 9.17) is 14.2 Å². The maximum atomic E-state index is 13.0. The fraction of sp³-hybridized carbons (Fsp3) is 0.174. The summed E-state index contributed by atoms with van der Waals surface area (Å²) in [6.07, 6.45) is 0. The molecule has 0 aliphatic heterocycles. The average molecular weight is 457 g/mol. The number of benzene rings is 3. The van der Waals surface area contributed by atoms with Gasteiger partial charge in [0, 0.05) is 17.3 Å². The maximum Gasteiger partial charge on any atom is 0.261 e. The Bertz CT molecular complexity index is 1220. The smallest absolute Gasteiger partial charge is 0.261 e. The van der Waals surface area contributed by atoms with Crippen LogP contribution in [0.4, 0.5) is 11.4 Å². The van der Waals surface area contributed by atoms with Crippen LogP contribution >= 0.6 is 0 Å². The fourth-order valence-corrected chi connectivity index (χ4v) is 4.07. The second kappa shape index (κ2) is 9.61. The molecular formula is C23H24N2O6S. The average Bonchev–Trinajstić information content (AvgIpc) is 2.79. The molecule has 0 bridgehead atoms. The molecule has 32 heavy (non-hydrogen) atoms. The summed E-state index contributed by atoms with van der Waals surface area (Å²) in [5.41, 5.74) is 1.61. The molecule has 0 unspecified atom stereocenters. The van der Waals surface area contributed by atoms with Gasteiger partial charge in [-0.3, -0.25) is 9.52 Å². The van der Waals surface area contributed by atoms with Gasteiger partial charge in [-0.2, -0.15) is 0 Å². The summed E-state index contributed by atoms with van der Waals surface area (Å²) in [6.45, 7) is 1.73. The molecule has 0 aromatic heterocycles. The standard InChI is InChI=1S/C23H24N2O6S/c1-15-5-11-19(32(27,28)25-16-6-8-17(29-2)9-7-16)14-20(15)23(26)24-21-13-18(30-3)10-12-22(21)31-4/h5-14,25H,1-4H3,(H,24,26). The molecule has 0 fully saturated rings. The Morgan fingerprint density at radius 3 is 2.09 bits per heavy atom. The molecule has 0 aliphatic rings. The van der Waals surface area contributed by atoms with Gasteiger partial charge in [0.15, 0.2) is 0 Å². The van der Waals surface area contributed by atoms with Gasteiger partial charge in [-0.05, 0) is 61.0 Å². The van der Waals surface area contributed by atoms with Crippen LogP contribution in [-0.4, -0.2) is 35.7 Å². The Labute approximate surface area is 187 Å². The van der Waals surface area contributed by atoms with E-state index in [0.29, 0.717) is 34.2 Å². The number of sulfonamides is 1. The molecule has 0 saturated carbocycles. The van der Waals surface area contributed by atoms with Crippen molar-refractivity contribution in [2.45, 2.75) is 11.8 Å². The van der Waals surface area contributed by atoms with Crippen LogP contribution in [0.15, 0.2) is 65.6 Å². The first-order valence-electron chi connectivity index (χ1n) is 9.58. The van der Waals surface area contributed by atoms with Gasteiger partial charge in [0.2, 0.25) is 0 Å². The van der Waals surface area contributed by atoms with Crippen molar-refractivity contribution in [3.8, 4) is 17.2 Å². The molecule has 168 valence electrons. The van der Waals surface area contributed by atoms with Crippen LogP contribution in [0.3, 0.4) is 0 Å². The van der Waals surface area contributed by atoms with Gasteiger partial charge in [0.05, 0.1) is 31.9 Å². The number of aryl methyl sites for hydroxylation is 1. The lowest BCUT2D eigenvalue weighted by molar-refractivity contribution is 0.102. The minimum absolute atomic E-state index is 0.0401. The van der Waals surface area contributed by atoms with Crippen LogP contribution < -0.4 is 24.2 Å². The topological polar surface area (TPSA) is 103 Å². The minimum atomic E-state index is -3.92. The predicted molar refractivity (Wildman–Crippen MR) is 122 cm³/mol. The van der Waals surface area contributed by atoms with Crippen molar-refractivity contribution in [1.29, 1.82) is 0 Å². The van der Waals surface area contributed by atoms with Gasteiger partial charge in [-0.25, -0.2) is 8.42 Å². The monoisotopic (exact) mass is 456 g/mol. The number of hydrogen-bond donors (Lipinski definition) is 2. The Morgan fingerprint density at radius 1 is 0.812 bits per heavy atom. The van der Waals surface area contributed by atoms with Crippen LogP contribution in [0.25, 0.3) is 0 Å². The molecule has 0 atom stereocenters.